The molecular formula is C41H44ClN7O6. The lowest BCUT2D eigenvalue weighted by Crippen LogP contribution is -2.74. The van der Waals surface area contributed by atoms with Gasteiger partial charge in [0.25, 0.3) is 17.7 Å². The van der Waals surface area contributed by atoms with Gasteiger partial charge < -0.3 is 20.3 Å². The van der Waals surface area contributed by atoms with Gasteiger partial charge in [-0.2, -0.15) is 5.26 Å². The molecule has 1 atom stereocenters. The van der Waals surface area contributed by atoms with E-state index >= 15 is 0 Å². The Morgan fingerprint density at radius 2 is 1.67 bits per heavy atom. The molecule has 5 amide bonds. The van der Waals surface area contributed by atoms with E-state index in [1.165, 1.54) is 0 Å². The number of piperazine rings is 1. The van der Waals surface area contributed by atoms with Crippen molar-refractivity contribution in [2.75, 3.05) is 49.5 Å². The summed E-state index contributed by atoms with van der Waals surface area (Å²) >= 11 is 6.24. The van der Waals surface area contributed by atoms with Crippen molar-refractivity contribution < 1.29 is 28.7 Å². The van der Waals surface area contributed by atoms with Crippen molar-refractivity contribution in [2.24, 2.45) is 10.8 Å². The number of nitrogens with one attached hydrogen (secondary N) is 3. The van der Waals surface area contributed by atoms with Crippen molar-refractivity contribution in [1.82, 2.24) is 20.4 Å². The SMILES string of the molecule is CC1(C)C(NC(=O)c2ccc(N3CCN(CCNc4cccc5c4C(=O)N(C4CCC(=O)NC4=O)C5=O)CC3)cc2)C(C)(C)C1Oc1ccc(C#N)c(Cl)c1. The number of piperidine rings is 1. The number of nitriles is 1. The van der Waals surface area contributed by atoms with Gasteiger partial charge in [0, 0.05) is 85.6 Å². The molecule has 0 spiro atoms. The standard InChI is InChI=1S/C41H44ClN7O6/c1-40(2)38(41(3,4)39(40)55-27-13-10-25(23-43)29(42)22-27)46-34(51)24-8-11-26(12-9-24)48-20-18-47(19-21-48)17-16-44-30-7-5-6-28-33(30)37(54)49(36(28)53)31-14-15-32(50)45-35(31)52/h5-13,22,31,38-39,44H,14-21H2,1-4H3,(H,46,51)(H,45,50,52). The molecule has 7 rings (SSSR count). The normalized spacial score (nSPS) is 23.0. The van der Waals surface area contributed by atoms with E-state index in [0.717, 1.165) is 43.3 Å². The number of nitrogens with zero attached hydrogens (tertiary/aromatic N) is 4. The molecule has 14 heteroatoms. The number of carbonyl (C=O) groups is 5. The summed E-state index contributed by atoms with van der Waals surface area (Å²) in [5.41, 5.74) is 2.31. The molecule has 3 heterocycles. The Morgan fingerprint density at radius 1 is 0.964 bits per heavy atom. The summed E-state index contributed by atoms with van der Waals surface area (Å²) in [4.78, 5) is 69.7. The Labute approximate surface area is 324 Å². The topological polar surface area (TPSA) is 164 Å². The van der Waals surface area contributed by atoms with Crippen molar-refractivity contribution in [3.8, 4) is 11.8 Å². The Balaban J connectivity index is 0.887. The number of hydrogen-bond donors (Lipinski definition) is 3. The van der Waals surface area contributed by atoms with E-state index in [1.54, 1.807) is 36.4 Å². The summed E-state index contributed by atoms with van der Waals surface area (Å²) in [6, 6.07) is 18.7. The molecule has 13 nitrogen and oxygen atoms in total. The second-order valence-corrected chi connectivity index (χ2v) is 16.2. The van der Waals surface area contributed by atoms with Crippen LogP contribution in [0.15, 0.2) is 60.7 Å². The molecule has 1 unspecified atom stereocenters. The Bertz CT molecular complexity index is 2090. The van der Waals surface area contributed by atoms with Crippen LogP contribution in [0.5, 0.6) is 5.75 Å². The first-order chi connectivity index (χ1) is 26.2. The van der Waals surface area contributed by atoms with E-state index in [9.17, 15) is 29.2 Å². The van der Waals surface area contributed by atoms with E-state index in [4.69, 9.17) is 16.3 Å². The van der Waals surface area contributed by atoms with E-state index in [0.29, 0.717) is 34.1 Å². The van der Waals surface area contributed by atoms with E-state index < -0.39 is 29.7 Å². The maximum absolute atomic E-state index is 13.5. The first-order valence-corrected chi connectivity index (χ1v) is 18.9. The number of hydrogen-bond acceptors (Lipinski definition) is 10. The minimum absolute atomic E-state index is 0.0700. The highest BCUT2D eigenvalue weighted by atomic mass is 35.5. The highest BCUT2D eigenvalue weighted by Crippen LogP contribution is 2.55. The number of imide groups is 2. The number of amides is 5. The van der Waals surface area contributed by atoms with Crippen LogP contribution in [0.4, 0.5) is 11.4 Å². The smallest absolute Gasteiger partial charge is 0.264 e. The van der Waals surface area contributed by atoms with Gasteiger partial charge >= 0.3 is 0 Å². The average molecular weight is 766 g/mol. The molecule has 3 aromatic rings. The van der Waals surface area contributed by atoms with Crippen LogP contribution in [0.3, 0.4) is 0 Å². The minimum atomic E-state index is -1.01. The third-order valence-corrected chi connectivity index (χ3v) is 11.8. The van der Waals surface area contributed by atoms with Gasteiger partial charge in [0.2, 0.25) is 11.8 Å². The van der Waals surface area contributed by atoms with Crippen LogP contribution in [0.1, 0.15) is 77.2 Å². The molecule has 2 saturated heterocycles. The molecule has 286 valence electrons. The molecule has 3 N–H and O–H groups in total. The summed E-state index contributed by atoms with van der Waals surface area (Å²) < 4.78 is 6.36. The molecule has 0 radical (unpaired) electrons. The van der Waals surface area contributed by atoms with Gasteiger partial charge in [-0.25, -0.2) is 0 Å². The molecule has 1 aliphatic carbocycles. The fraction of sp³-hybridized carbons (Fsp3) is 0.415. The second kappa shape index (κ2) is 14.7. The zero-order valence-electron chi connectivity index (χ0n) is 31.3. The number of halogens is 1. The van der Waals surface area contributed by atoms with E-state index in [-0.39, 0.29) is 52.9 Å². The lowest BCUT2D eigenvalue weighted by atomic mass is 9.49. The molecule has 0 aromatic heterocycles. The molecule has 3 fully saturated rings. The van der Waals surface area contributed by atoms with Gasteiger partial charge in [-0.15, -0.1) is 0 Å². The number of anilines is 2. The van der Waals surface area contributed by atoms with E-state index in [2.05, 4.69) is 59.5 Å². The largest absolute Gasteiger partial charge is 0.489 e. The lowest BCUT2D eigenvalue weighted by Gasteiger charge is -2.63. The van der Waals surface area contributed by atoms with Crippen LogP contribution in [-0.2, 0) is 9.59 Å². The van der Waals surface area contributed by atoms with Gasteiger partial charge in [-0.05, 0) is 55.0 Å². The molecule has 4 aliphatic rings. The monoisotopic (exact) mass is 765 g/mol. The van der Waals surface area contributed by atoms with Crippen molar-refractivity contribution in [1.29, 1.82) is 5.26 Å². The van der Waals surface area contributed by atoms with Crippen LogP contribution in [-0.4, -0.2) is 96.8 Å². The highest BCUT2D eigenvalue weighted by Gasteiger charge is 2.64. The number of benzene rings is 3. The highest BCUT2D eigenvalue weighted by molar-refractivity contribution is 6.31. The zero-order chi connectivity index (χ0) is 39.2. The Morgan fingerprint density at radius 3 is 2.33 bits per heavy atom. The van der Waals surface area contributed by atoms with Crippen molar-refractivity contribution in [3.05, 3.63) is 87.9 Å². The van der Waals surface area contributed by atoms with Crippen molar-refractivity contribution >= 4 is 52.5 Å². The van der Waals surface area contributed by atoms with Crippen LogP contribution in [0.2, 0.25) is 5.02 Å². The third kappa shape index (κ3) is 7.00. The zero-order valence-corrected chi connectivity index (χ0v) is 32.0. The average Bonchev–Trinajstić information content (AvgIpc) is 3.42. The van der Waals surface area contributed by atoms with Gasteiger partial charge in [0.05, 0.1) is 21.7 Å². The Hall–Kier alpha value is -5.45. The number of carbonyl (C=O) groups excluding carboxylic acids is 5. The summed E-state index contributed by atoms with van der Waals surface area (Å²) in [7, 11) is 0. The maximum Gasteiger partial charge on any atom is 0.264 e. The first kappa shape index (κ1) is 37.8. The van der Waals surface area contributed by atoms with E-state index in [1.807, 2.05) is 24.3 Å². The predicted octanol–water partition coefficient (Wildman–Crippen LogP) is 4.46. The summed E-state index contributed by atoms with van der Waals surface area (Å²) in [6.45, 7) is 12.8. The second-order valence-electron chi connectivity index (χ2n) is 15.8. The number of ether oxygens (including phenoxy) is 1. The van der Waals surface area contributed by atoms with Crippen LogP contribution in [0, 0.1) is 22.2 Å². The number of rotatable bonds is 10. The van der Waals surface area contributed by atoms with Gasteiger partial charge in [-0.1, -0.05) is 45.4 Å². The lowest BCUT2D eigenvalue weighted by molar-refractivity contribution is -0.164. The molecule has 55 heavy (non-hydrogen) atoms. The van der Waals surface area contributed by atoms with Crippen LogP contribution in [0.25, 0.3) is 0 Å². The third-order valence-electron chi connectivity index (χ3n) is 11.5. The van der Waals surface area contributed by atoms with Crippen LogP contribution < -0.4 is 25.6 Å². The molecule has 3 aromatic carbocycles. The molecule has 0 bridgehead atoms. The van der Waals surface area contributed by atoms with Gasteiger partial charge in [0.15, 0.2) is 0 Å². The van der Waals surface area contributed by atoms with Gasteiger partial charge in [0.1, 0.15) is 24.0 Å². The molecule has 1 saturated carbocycles. The van der Waals surface area contributed by atoms with Crippen LogP contribution >= 0.6 is 11.6 Å². The number of fused-ring (bicyclic) bond motifs is 1. The molecule has 3 aliphatic heterocycles. The van der Waals surface area contributed by atoms with Crippen molar-refractivity contribution in [2.45, 2.75) is 58.7 Å². The fourth-order valence-corrected chi connectivity index (χ4v) is 9.09. The predicted molar refractivity (Wildman–Crippen MR) is 206 cm³/mol. The van der Waals surface area contributed by atoms with Gasteiger partial charge in [-0.3, -0.25) is 39.1 Å². The Kier molecular flexibility index (Phi) is 10.1. The first-order valence-electron chi connectivity index (χ1n) is 18.5. The summed E-state index contributed by atoms with van der Waals surface area (Å²) in [5.74, 6) is -1.66. The van der Waals surface area contributed by atoms with Crippen molar-refractivity contribution in [3.63, 3.8) is 0 Å². The molecular weight excluding hydrogens is 722 g/mol. The summed E-state index contributed by atoms with van der Waals surface area (Å²) in [5, 5.41) is 18.3. The quantitative estimate of drug-likeness (QED) is 0.251. The maximum atomic E-state index is 13.5. The fourth-order valence-electron chi connectivity index (χ4n) is 8.87. The minimum Gasteiger partial charge on any atom is -0.489 e. The summed E-state index contributed by atoms with van der Waals surface area (Å²) in [6.07, 6.45) is -0.0164.